The summed E-state index contributed by atoms with van der Waals surface area (Å²) >= 11 is 0. The highest BCUT2D eigenvalue weighted by atomic mass is 15.1. The highest BCUT2D eigenvalue weighted by molar-refractivity contribution is 5.58. The van der Waals surface area contributed by atoms with Crippen LogP contribution in [0.25, 0.3) is 0 Å². The Hall–Kier alpha value is -1.96. The summed E-state index contributed by atoms with van der Waals surface area (Å²) < 4.78 is 0. The maximum Gasteiger partial charge on any atom is 0.0381 e. The van der Waals surface area contributed by atoms with Gasteiger partial charge in [0.05, 0.1) is 0 Å². The number of nitrogens with one attached hydrogen (secondary N) is 1. The van der Waals surface area contributed by atoms with Gasteiger partial charge in [0.2, 0.25) is 0 Å². The first-order chi connectivity index (χ1) is 10.1. The second-order valence-corrected chi connectivity index (χ2v) is 6.37. The molecular weight excluding hydrogens is 256 g/mol. The topological polar surface area (TPSA) is 15.3 Å². The molecule has 2 nitrogen and oxygen atoms in total. The zero-order valence-electron chi connectivity index (χ0n) is 13.1. The summed E-state index contributed by atoms with van der Waals surface area (Å²) in [6, 6.07) is 18.2. The van der Waals surface area contributed by atoms with E-state index in [0.717, 1.165) is 5.92 Å². The van der Waals surface area contributed by atoms with E-state index < -0.39 is 0 Å². The molecule has 0 spiro atoms. The first kappa shape index (κ1) is 14.0. The Bertz CT molecular complexity index is 595. The van der Waals surface area contributed by atoms with Crippen LogP contribution in [-0.2, 0) is 0 Å². The maximum atomic E-state index is 3.66. The van der Waals surface area contributed by atoms with E-state index in [1.807, 2.05) is 0 Å². The van der Waals surface area contributed by atoms with Crippen molar-refractivity contribution in [1.82, 2.24) is 0 Å². The molecule has 2 aromatic rings. The first-order valence-corrected chi connectivity index (χ1v) is 7.72. The maximum absolute atomic E-state index is 3.66. The van der Waals surface area contributed by atoms with Gasteiger partial charge in [-0.05, 0) is 49.4 Å². The van der Waals surface area contributed by atoms with E-state index in [1.165, 1.54) is 35.3 Å². The van der Waals surface area contributed by atoms with Crippen LogP contribution in [0, 0.1) is 6.92 Å². The highest BCUT2D eigenvalue weighted by Gasteiger charge is 2.30. The molecule has 0 bridgehead atoms. The van der Waals surface area contributed by atoms with Gasteiger partial charge in [0.1, 0.15) is 0 Å². The van der Waals surface area contributed by atoms with Gasteiger partial charge >= 0.3 is 0 Å². The van der Waals surface area contributed by atoms with Crippen molar-refractivity contribution in [1.29, 1.82) is 0 Å². The lowest BCUT2D eigenvalue weighted by atomic mass is 9.75. The fourth-order valence-corrected chi connectivity index (χ4v) is 2.96. The van der Waals surface area contributed by atoms with Crippen LogP contribution in [-0.4, -0.2) is 20.1 Å². The third-order valence-electron chi connectivity index (χ3n) is 4.42. The number of nitrogens with zero attached hydrogens (tertiary/aromatic N) is 1. The van der Waals surface area contributed by atoms with Crippen molar-refractivity contribution < 1.29 is 0 Å². The van der Waals surface area contributed by atoms with Crippen LogP contribution in [0.3, 0.4) is 0 Å². The SMILES string of the molecule is Cc1ccc(C2CC(Nc3cccc(N(C)C)c3)C2)cc1. The Labute approximate surface area is 127 Å². The minimum atomic E-state index is 0.605. The Morgan fingerprint density at radius 3 is 2.38 bits per heavy atom. The molecule has 1 aliphatic carbocycles. The lowest BCUT2D eigenvalue weighted by Gasteiger charge is -2.37. The molecule has 0 radical (unpaired) electrons. The van der Waals surface area contributed by atoms with Crippen molar-refractivity contribution in [2.24, 2.45) is 0 Å². The molecule has 0 atom stereocenters. The molecule has 1 fully saturated rings. The van der Waals surface area contributed by atoms with E-state index in [2.05, 4.69) is 79.8 Å². The fourth-order valence-electron chi connectivity index (χ4n) is 2.96. The van der Waals surface area contributed by atoms with Gasteiger partial charge in [0, 0.05) is 31.5 Å². The Morgan fingerprint density at radius 1 is 1.00 bits per heavy atom. The van der Waals surface area contributed by atoms with Crippen LogP contribution in [0.1, 0.15) is 29.9 Å². The van der Waals surface area contributed by atoms with Crippen molar-refractivity contribution >= 4 is 11.4 Å². The molecule has 1 N–H and O–H groups in total. The number of aryl methyl sites for hydroxylation is 1. The molecule has 0 unspecified atom stereocenters. The highest BCUT2D eigenvalue weighted by Crippen LogP contribution is 2.38. The third-order valence-corrected chi connectivity index (χ3v) is 4.42. The summed E-state index contributed by atoms with van der Waals surface area (Å²) in [4.78, 5) is 2.14. The van der Waals surface area contributed by atoms with Crippen molar-refractivity contribution in [2.75, 3.05) is 24.3 Å². The molecule has 110 valence electrons. The standard InChI is InChI=1S/C19H24N2/c1-14-7-9-15(10-8-14)16-11-18(12-16)20-17-5-4-6-19(13-17)21(2)3/h4-10,13,16,18,20H,11-12H2,1-3H3. The Kier molecular flexibility index (Phi) is 3.87. The number of hydrogen-bond donors (Lipinski definition) is 1. The van der Waals surface area contributed by atoms with Crippen LogP contribution in [0.15, 0.2) is 48.5 Å². The third kappa shape index (κ3) is 3.21. The second-order valence-electron chi connectivity index (χ2n) is 6.37. The molecule has 2 aromatic carbocycles. The van der Waals surface area contributed by atoms with Crippen LogP contribution in [0.5, 0.6) is 0 Å². The van der Waals surface area contributed by atoms with Crippen molar-refractivity contribution in [3.8, 4) is 0 Å². The molecule has 21 heavy (non-hydrogen) atoms. The largest absolute Gasteiger partial charge is 0.382 e. The normalized spacial score (nSPS) is 20.7. The van der Waals surface area contributed by atoms with Gasteiger partial charge in [-0.1, -0.05) is 35.9 Å². The average molecular weight is 280 g/mol. The molecule has 1 saturated carbocycles. The van der Waals surface area contributed by atoms with E-state index in [1.54, 1.807) is 0 Å². The van der Waals surface area contributed by atoms with Gasteiger partial charge < -0.3 is 10.2 Å². The van der Waals surface area contributed by atoms with Crippen LogP contribution < -0.4 is 10.2 Å². The van der Waals surface area contributed by atoms with E-state index >= 15 is 0 Å². The van der Waals surface area contributed by atoms with Crippen LogP contribution in [0.4, 0.5) is 11.4 Å². The van der Waals surface area contributed by atoms with Gasteiger partial charge in [0.15, 0.2) is 0 Å². The minimum Gasteiger partial charge on any atom is -0.382 e. The summed E-state index contributed by atoms with van der Waals surface area (Å²) in [6.07, 6.45) is 2.46. The summed E-state index contributed by atoms with van der Waals surface area (Å²) in [5.41, 5.74) is 5.30. The molecule has 2 heteroatoms. The molecular formula is C19H24N2. The number of rotatable bonds is 4. The van der Waals surface area contributed by atoms with E-state index in [0.29, 0.717) is 6.04 Å². The smallest absolute Gasteiger partial charge is 0.0381 e. The van der Waals surface area contributed by atoms with Crippen LogP contribution in [0.2, 0.25) is 0 Å². The van der Waals surface area contributed by atoms with E-state index in [9.17, 15) is 0 Å². The lowest BCUT2D eigenvalue weighted by Crippen LogP contribution is -2.34. The van der Waals surface area contributed by atoms with Crippen molar-refractivity contribution in [3.63, 3.8) is 0 Å². The fraction of sp³-hybridized carbons (Fsp3) is 0.368. The van der Waals surface area contributed by atoms with Gasteiger partial charge in [-0.25, -0.2) is 0 Å². The predicted octanol–water partition coefficient (Wildman–Crippen LogP) is 4.42. The van der Waals surface area contributed by atoms with Crippen molar-refractivity contribution in [2.45, 2.75) is 31.7 Å². The minimum absolute atomic E-state index is 0.605. The first-order valence-electron chi connectivity index (χ1n) is 7.72. The Balaban J connectivity index is 1.57. The van der Waals surface area contributed by atoms with Crippen LogP contribution >= 0.6 is 0 Å². The predicted molar refractivity (Wildman–Crippen MR) is 91.3 cm³/mol. The van der Waals surface area contributed by atoms with Gasteiger partial charge in [0.25, 0.3) is 0 Å². The number of benzene rings is 2. The average Bonchev–Trinajstić information content (AvgIpc) is 2.44. The van der Waals surface area contributed by atoms with E-state index in [4.69, 9.17) is 0 Å². The van der Waals surface area contributed by atoms with Gasteiger partial charge in [-0.3, -0.25) is 0 Å². The zero-order chi connectivity index (χ0) is 14.8. The summed E-state index contributed by atoms with van der Waals surface area (Å²) in [5, 5.41) is 3.66. The van der Waals surface area contributed by atoms with E-state index in [-0.39, 0.29) is 0 Å². The monoisotopic (exact) mass is 280 g/mol. The summed E-state index contributed by atoms with van der Waals surface area (Å²) in [6.45, 7) is 2.15. The van der Waals surface area contributed by atoms with Crippen molar-refractivity contribution in [3.05, 3.63) is 59.7 Å². The quantitative estimate of drug-likeness (QED) is 0.892. The number of hydrogen-bond acceptors (Lipinski definition) is 2. The molecule has 0 saturated heterocycles. The zero-order valence-corrected chi connectivity index (χ0v) is 13.1. The molecule has 0 amide bonds. The lowest BCUT2D eigenvalue weighted by molar-refractivity contribution is 0.374. The molecule has 1 aliphatic rings. The number of anilines is 2. The molecule has 0 aromatic heterocycles. The molecule has 3 rings (SSSR count). The summed E-state index contributed by atoms with van der Waals surface area (Å²) in [7, 11) is 4.16. The molecule has 0 heterocycles. The van der Waals surface area contributed by atoms with Gasteiger partial charge in [-0.15, -0.1) is 0 Å². The molecule has 0 aliphatic heterocycles. The second kappa shape index (κ2) is 5.80. The van der Waals surface area contributed by atoms with Gasteiger partial charge in [-0.2, -0.15) is 0 Å². The Morgan fingerprint density at radius 2 is 1.71 bits per heavy atom. The summed E-state index contributed by atoms with van der Waals surface area (Å²) in [5.74, 6) is 0.722.